The molecule has 0 aliphatic carbocycles. The summed E-state index contributed by atoms with van der Waals surface area (Å²) in [6, 6.07) is 6.55. The number of nitrogens with two attached hydrogens (primary N) is 1. The highest BCUT2D eigenvalue weighted by atomic mass is 16.5. The highest BCUT2D eigenvalue weighted by molar-refractivity contribution is 5.86. The Morgan fingerprint density at radius 2 is 2.06 bits per heavy atom. The first-order valence-electron chi connectivity index (χ1n) is 5.25. The van der Waals surface area contributed by atoms with Crippen LogP contribution in [0.5, 0.6) is 5.75 Å². The zero-order valence-electron chi connectivity index (χ0n) is 9.10. The Kier molecular flexibility index (Phi) is 3.13. The number of para-hydroxylation sites is 1. The van der Waals surface area contributed by atoms with E-state index in [9.17, 15) is 9.59 Å². The Morgan fingerprint density at radius 3 is 2.82 bits per heavy atom. The predicted octanol–water partition coefficient (Wildman–Crippen LogP) is 0.252. The van der Waals surface area contributed by atoms with Crippen molar-refractivity contribution in [3.05, 3.63) is 29.8 Å². The highest BCUT2D eigenvalue weighted by Gasteiger charge is 2.27. The van der Waals surface area contributed by atoms with Crippen LogP contribution < -0.4 is 21.3 Å². The number of hydrazine groups is 1. The second kappa shape index (κ2) is 4.73. The Morgan fingerprint density at radius 1 is 1.29 bits per heavy atom. The number of primary amides is 1. The molecule has 2 rings (SSSR count). The number of fused-ring (bicyclic) bond motifs is 1. The van der Waals surface area contributed by atoms with Crippen LogP contribution in [0.1, 0.15) is 17.9 Å². The van der Waals surface area contributed by atoms with Crippen LogP contribution in [0.4, 0.5) is 4.79 Å². The summed E-state index contributed by atoms with van der Waals surface area (Å²) in [6.07, 6.45) is 0.573. The molecule has 1 aliphatic rings. The maximum absolute atomic E-state index is 11.8. The lowest BCUT2D eigenvalue weighted by molar-refractivity contribution is -0.123. The maximum atomic E-state index is 11.8. The van der Waals surface area contributed by atoms with Gasteiger partial charge in [-0.25, -0.2) is 10.2 Å². The molecule has 1 atom stereocenters. The first-order valence-corrected chi connectivity index (χ1v) is 5.25. The SMILES string of the molecule is NC(=O)NNC(=O)C1CCOc2ccccc21. The number of carbonyl (C=O) groups is 2. The second-order valence-corrected chi connectivity index (χ2v) is 3.71. The number of ether oxygens (including phenoxy) is 1. The van der Waals surface area contributed by atoms with Crippen LogP contribution in [0.3, 0.4) is 0 Å². The van der Waals surface area contributed by atoms with Crippen molar-refractivity contribution in [3.8, 4) is 5.75 Å². The van der Waals surface area contributed by atoms with Gasteiger partial charge in [-0.2, -0.15) is 0 Å². The van der Waals surface area contributed by atoms with Gasteiger partial charge < -0.3 is 10.5 Å². The van der Waals surface area contributed by atoms with Gasteiger partial charge in [-0.15, -0.1) is 0 Å². The van der Waals surface area contributed by atoms with E-state index in [2.05, 4.69) is 10.9 Å². The van der Waals surface area contributed by atoms with Gasteiger partial charge in [0, 0.05) is 5.56 Å². The number of rotatable bonds is 1. The molecule has 1 aromatic carbocycles. The van der Waals surface area contributed by atoms with Crippen LogP contribution in [0, 0.1) is 0 Å². The van der Waals surface area contributed by atoms with Crippen LogP contribution in [-0.4, -0.2) is 18.5 Å². The van der Waals surface area contributed by atoms with Crippen LogP contribution >= 0.6 is 0 Å². The average Bonchev–Trinajstić information content (AvgIpc) is 2.35. The summed E-state index contributed by atoms with van der Waals surface area (Å²) in [4.78, 5) is 22.3. The first-order chi connectivity index (χ1) is 8.18. The van der Waals surface area contributed by atoms with E-state index in [1.807, 2.05) is 24.3 Å². The van der Waals surface area contributed by atoms with Crippen LogP contribution in [0.2, 0.25) is 0 Å². The van der Waals surface area contributed by atoms with Crippen molar-refractivity contribution in [2.24, 2.45) is 5.73 Å². The molecule has 0 bridgehead atoms. The third-order valence-electron chi connectivity index (χ3n) is 2.58. The van der Waals surface area contributed by atoms with Gasteiger partial charge >= 0.3 is 6.03 Å². The summed E-state index contributed by atoms with van der Waals surface area (Å²) in [5.41, 5.74) is 10.0. The number of urea groups is 1. The van der Waals surface area contributed by atoms with Crippen molar-refractivity contribution in [2.45, 2.75) is 12.3 Å². The standard InChI is InChI=1S/C11H13N3O3/c12-11(16)14-13-10(15)8-5-6-17-9-4-2-1-3-7(8)9/h1-4,8H,5-6H2,(H,13,15)(H3,12,14,16). The van der Waals surface area contributed by atoms with Crippen molar-refractivity contribution in [1.29, 1.82) is 0 Å². The van der Waals surface area contributed by atoms with E-state index in [0.29, 0.717) is 18.8 Å². The lowest BCUT2D eigenvalue weighted by Crippen LogP contribution is -2.46. The van der Waals surface area contributed by atoms with Gasteiger partial charge in [0.1, 0.15) is 5.75 Å². The van der Waals surface area contributed by atoms with E-state index in [4.69, 9.17) is 10.5 Å². The van der Waals surface area contributed by atoms with Gasteiger partial charge in [0.15, 0.2) is 0 Å². The molecule has 1 aromatic rings. The molecular weight excluding hydrogens is 222 g/mol. The van der Waals surface area contributed by atoms with Crippen molar-refractivity contribution in [1.82, 2.24) is 10.9 Å². The second-order valence-electron chi connectivity index (χ2n) is 3.71. The van der Waals surface area contributed by atoms with Gasteiger partial charge in [0.05, 0.1) is 12.5 Å². The van der Waals surface area contributed by atoms with Crippen molar-refractivity contribution >= 4 is 11.9 Å². The lowest BCUT2D eigenvalue weighted by atomic mass is 9.92. The Labute approximate surface area is 98.1 Å². The summed E-state index contributed by atoms with van der Waals surface area (Å²) in [5.74, 6) is 0.0873. The predicted molar refractivity (Wildman–Crippen MR) is 60.2 cm³/mol. The van der Waals surface area contributed by atoms with Crippen molar-refractivity contribution in [3.63, 3.8) is 0 Å². The third-order valence-corrected chi connectivity index (χ3v) is 2.58. The molecule has 3 amide bonds. The third kappa shape index (κ3) is 2.47. The number of hydrogen-bond acceptors (Lipinski definition) is 3. The molecule has 0 aromatic heterocycles. The Balaban J connectivity index is 2.12. The summed E-state index contributed by atoms with van der Waals surface area (Å²) in [6.45, 7) is 0.478. The highest BCUT2D eigenvalue weighted by Crippen LogP contribution is 2.33. The number of hydrogen-bond donors (Lipinski definition) is 3. The molecule has 1 unspecified atom stereocenters. The van der Waals surface area contributed by atoms with Crippen molar-refractivity contribution in [2.75, 3.05) is 6.61 Å². The average molecular weight is 235 g/mol. The minimum Gasteiger partial charge on any atom is -0.493 e. The fourth-order valence-electron chi connectivity index (χ4n) is 1.82. The molecule has 4 N–H and O–H groups in total. The van der Waals surface area contributed by atoms with E-state index >= 15 is 0 Å². The Bertz CT molecular complexity index is 447. The fraction of sp³-hybridized carbons (Fsp3) is 0.273. The largest absolute Gasteiger partial charge is 0.493 e. The minimum absolute atomic E-state index is 0.292. The van der Waals surface area contributed by atoms with Gasteiger partial charge in [0.25, 0.3) is 0 Å². The van der Waals surface area contributed by atoms with Crippen LogP contribution in [0.15, 0.2) is 24.3 Å². The normalized spacial score (nSPS) is 17.5. The molecule has 0 fully saturated rings. The quantitative estimate of drug-likeness (QED) is 0.609. The van der Waals surface area contributed by atoms with E-state index < -0.39 is 6.03 Å². The molecule has 0 radical (unpaired) electrons. The van der Waals surface area contributed by atoms with Gasteiger partial charge in [-0.1, -0.05) is 18.2 Å². The molecule has 17 heavy (non-hydrogen) atoms. The molecule has 0 saturated carbocycles. The van der Waals surface area contributed by atoms with Gasteiger partial charge in [-0.3, -0.25) is 10.2 Å². The van der Waals surface area contributed by atoms with Gasteiger partial charge in [-0.05, 0) is 12.5 Å². The molecule has 0 spiro atoms. The molecule has 6 nitrogen and oxygen atoms in total. The summed E-state index contributed by atoms with van der Waals surface area (Å²) >= 11 is 0. The Hall–Kier alpha value is -2.24. The summed E-state index contributed by atoms with van der Waals surface area (Å²) in [5, 5.41) is 0. The smallest absolute Gasteiger partial charge is 0.330 e. The summed E-state index contributed by atoms with van der Waals surface area (Å²) in [7, 11) is 0. The van der Waals surface area contributed by atoms with E-state index in [1.165, 1.54) is 0 Å². The molecule has 0 saturated heterocycles. The molecule has 6 heteroatoms. The van der Waals surface area contributed by atoms with E-state index in [1.54, 1.807) is 0 Å². The lowest BCUT2D eigenvalue weighted by Gasteiger charge is -2.24. The molecule has 1 aliphatic heterocycles. The maximum Gasteiger partial charge on any atom is 0.330 e. The zero-order chi connectivity index (χ0) is 12.3. The topological polar surface area (TPSA) is 93.5 Å². The summed E-state index contributed by atoms with van der Waals surface area (Å²) < 4.78 is 5.44. The molecule has 1 heterocycles. The van der Waals surface area contributed by atoms with Crippen LogP contribution in [-0.2, 0) is 4.79 Å². The monoisotopic (exact) mass is 235 g/mol. The van der Waals surface area contributed by atoms with E-state index in [0.717, 1.165) is 5.56 Å². The van der Waals surface area contributed by atoms with Gasteiger partial charge in [0.2, 0.25) is 5.91 Å². The van der Waals surface area contributed by atoms with Crippen molar-refractivity contribution < 1.29 is 14.3 Å². The minimum atomic E-state index is -0.793. The number of carbonyl (C=O) groups excluding carboxylic acids is 2. The van der Waals surface area contributed by atoms with E-state index in [-0.39, 0.29) is 11.8 Å². The number of amides is 3. The zero-order valence-corrected chi connectivity index (χ0v) is 9.10. The number of nitrogens with one attached hydrogen (secondary N) is 2. The number of benzene rings is 1. The molecular formula is C11H13N3O3. The first kappa shape index (κ1) is 11.3. The van der Waals surface area contributed by atoms with Crippen LogP contribution in [0.25, 0.3) is 0 Å². The molecule has 90 valence electrons. The fourth-order valence-corrected chi connectivity index (χ4v) is 1.82.